The number of hydrogen-bond donors (Lipinski definition) is 1. The Labute approximate surface area is 210 Å². The van der Waals surface area contributed by atoms with E-state index in [1.807, 2.05) is 56.3 Å². The van der Waals surface area contributed by atoms with E-state index in [0.29, 0.717) is 29.6 Å². The van der Waals surface area contributed by atoms with E-state index in [1.165, 1.54) is 18.7 Å². The largest absolute Gasteiger partial charge is 0.494 e. The molecule has 0 radical (unpaired) electrons. The molecule has 0 amide bonds. The molecule has 0 unspecified atom stereocenters. The first-order chi connectivity index (χ1) is 17.2. The summed E-state index contributed by atoms with van der Waals surface area (Å²) in [4.78, 5) is 24.5. The summed E-state index contributed by atoms with van der Waals surface area (Å²) < 4.78 is 7.67. The zero-order valence-electron chi connectivity index (χ0n) is 21.4. The van der Waals surface area contributed by atoms with Gasteiger partial charge < -0.3 is 24.4 Å². The van der Waals surface area contributed by atoms with Gasteiger partial charge in [-0.25, -0.2) is 9.97 Å². The van der Waals surface area contributed by atoms with Crippen molar-refractivity contribution in [3.05, 3.63) is 64.5 Å². The molecule has 0 aliphatic heterocycles. The van der Waals surface area contributed by atoms with Crippen LogP contribution in [0.2, 0.25) is 0 Å². The predicted octanol–water partition coefficient (Wildman–Crippen LogP) is 4.60. The highest BCUT2D eigenvalue weighted by atomic mass is 16.6. The number of methoxy groups -OCH3 is 1. The van der Waals surface area contributed by atoms with Crippen LogP contribution in [0, 0.1) is 17.0 Å². The maximum Gasteiger partial charge on any atom is 0.294 e. The molecule has 0 aliphatic rings. The summed E-state index contributed by atoms with van der Waals surface area (Å²) in [6.45, 7) is 3.46. The number of nitrogens with one attached hydrogen (secondary N) is 1. The molecule has 10 nitrogen and oxygen atoms in total. The molecule has 0 saturated heterocycles. The molecular weight excluding hydrogens is 458 g/mol. The smallest absolute Gasteiger partial charge is 0.294 e. The Hall–Kier alpha value is -4.18. The SMILES string of the molecule is COc1cc(N(C)CCN(C)C)c([N+](=O)[O-])cc1Nc1nccc(-c2cn(C)c3c(C)cccc23)n1. The van der Waals surface area contributed by atoms with E-state index in [4.69, 9.17) is 9.72 Å². The molecule has 0 saturated carbocycles. The number of nitrogens with zero attached hydrogens (tertiary/aromatic N) is 6. The van der Waals surface area contributed by atoms with E-state index in [1.54, 1.807) is 12.3 Å². The van der Waals surface area contributed by atoms with Crippen LogP contribution in [0.3, 0.4) is 0 Å². The first kappa shape index (κ1) is 24.9. The van der Waals surface area contributed by atoms with Gasteiger partial charge in [0.05, 0.1) is 28.9 Å². The standard InChI is InChI=1S/C26H31N7O3/c1-17-8-7-9-18-19(16-32(5)25(17)18)20-10-11-27-26(28-20)29-21-14-23(33(34)35)22(15-24(21)36-6)31(4)13-12-30(2)3/h7-11,14-16H,12-13H2,1-6H3,(H,27,28,29). The fourth-order valence-electron chi connectivity index (χ4n) is 4.31. The lowest BCUT2D eigenvalue weighted by molar-refractivity contribution is -0.384. The summed E-state index contributed by atoms with van der Waals surface area (Å²) in [5, 5.41) is 16.2. The number of para-hydroxylation sites is 1. The van der Waals surface area contributed by atoms with E-state index in [2.05, 4.69) is 33.9 Å². The van der Waals surface area contributed by atoms with Crippen molar-refractivity contribution in [3.8, 4) is 17.0 Å². The van der Waals surface area contributed by atoms with E-state index in [9.17, 15) is 10.1 Å². The second-order valence-corrected chi connectivity index (χ2v) is 9.04. The van der Waals surface area contributed by atoms with Crippen molar-refractivity contribution in [2.75, 3.05) is 51.6 Å². The van der Waals surface area contributed by atoms with Crippen molar-refractivity contribution in [1.82, 2.24) is 19.4 Å². The predicted molar refractivity (Wildman–Crippen MR) is 143 cm³/mol. The number of likely N-dealkylation sites (N-methyl/N-ethyl adjacent to an activating group) is 2. The van der Waals surface area contributed by atoms with Crippen molar-refractivity contribution in [3.63, 3.8) is 0 Å². The van der Waals surface area contributed by atoms with Crippen LogP contribution in [0.1, 0.15) is 5.56 Å². The summed E-state index contributed by atoms with van der Waals surface area (Å²) in [5.74, 6) is 0.778. The van der Waals surface area contributed by atoms with Crippen LogP contribution in [0.4, 0.5) is 23.0 Å². The van der Waals surface area contributed by atoms with E-state index >= 15 is 0 Å². The molecule has 0 atom stereocenters. The molecule has 1 N–H and O–H groups in total. The number of nitro groups is 1. The number of aromatic nitrogens is 3. The molecule has 0 fully saturated rings. The van der Waals surface area contributed by atoms with Crippen molar-refractivity contribution in [1.29, 1.82) is 0 Å². The van der Waals surface area contributed by atoms with Crippen LogP contribution in [0.25, 0.3) is 22.2 Å². The number of hydrogen-bond acceptors (Lipinski definition) is 8. The Morgan fingerprint density at radius 2 is 1.94 bits per heavy atom. The lowest BCUT2D eigenvalue weighted by Gasteiger charge is -2.22. The molecule has 36 heavy (non-hydrogen) atoms. The lowest BCUT2D eigenvalue weighted by atomic mass is 10.1. The summed E-state index contributed by atoms with van der Waals surface area (Å²) in [6, 6.07) is 11.2. The highest BCUT2D eigenvalue weighted by Crippen LogP contribution is 2.39. The Morgan fingerprint density at radius 1 is 1.17 bits per heavy atom. The third-order valence-corrected chi connectivity index (χ3v) is 6.17. The maximum atomic E-state index is 11.9. The first-order valence-corrected chi connectivity index (χ1v) is 11.6. The van der Waals surface area contributed by atoms with Crippen LogP contribution >= 0.6 is 0 Å². The molecule has 4 rings (SSSR count). The number of benzene rings is 2. The van der Waals surface area contributed by atoms with Crippen LogP contribution in [-0.4, -0.2) is 65.7 Å². The summed E-state index contributed by atoms with van der Waals surface area (Å²) in [5.41, 5.74) is 4.92. The normalized spacial score (nSPS) is 11.2. The van der Waals surface area contributed by atoms with Gasteiger partial charge in [-0.1, -0.05) is 18.2 Å². The van der Waals surface area contributed by atoms with Gasteiger partial charge in [0.2, 0.25) is 5.95 Å². The van der Waals surface area contributed by atoms with Gasteiger partial charge in [-0.15, -0.1) is 0 Å². The Morgan fingerprint density at radius 3 is 2.64 bits per heavy atom. The van der Waals surface area contributed by atoms with Gasteiger partial charge in [0.25, 0.3) is 5.69 Å². The molecule has 2 aromatic heterocycles. The summed E-state index contributed by atoms with van der Waals surface area (Å²) in [7, 11) is 9.30. The summed E-state index contributed by atoms with van der Waals surface area (Å²) in [6.07, 6.45) is 3.72. The number of fused-ring (bicyclic) bond motifs is 1. The zero-order valence-corrected chi connectivity index (χ0v) is 21.4. The maximum absolute atomic E-state index is 11.9. The van der Waals surface area contributed by atoms with E-state index in [0.717, 1.165) is 28.7 Å². The van der Waals surface area contributed by atoms with E-state index < -0.39 is 0 Å². The van der Waals surface area contributed by atoms with Crippen LogP contribution in [0.15, 0.2) is 48.8 Å². The van der Waals surface area contributed by atoms with Crippen LogP contribution in [0.5, 0.6) is 5.75 Å². The van der Waals surface area contributed by atoms with Gasteiger partial charge in [-0.2, -0.15) is 0 Å². The van der Waals surface area contributed by atoms with Crippen molar-refractivity contribution in [2.24, 2.45) is 7.05 Å². The quantitative estimate of drug-likeness (QED) is 0.269. The van der Waals surface area contributed by atoms with Crippen LogP contribution in [-0.2, 0) is 7.05 Å². The van der Waals surface area contributed by atoms with Gasteiger partial charge in [-0.05, 0) is 32.6 Å². The Balaban J connectivity index is 1.71. The summed E-state index contributed by atoms with van der Waals surface area (Å²) >= 11 is 0. The highest BCUT2D eigenvalue weighted by Gasteiger charge is 2.22. The average Bonchev–Trinajstić information content (AvgIpc) is 3.20. The molecule has 2 heterocycles. The third-order valence-electron chi connectivity index (χ3n) is 6.17. The second kappa shape index (κ2) is 10.2. The number of rotatable bonds is 9. The Kier molecular flexibility index (Phi) is 7.07. The van der Waals surface area contributed by atoms with Crippen molar-refractivity contribution >= 4 is 33.9 Å². The number of nitro benzene ring substituents is 1. The molecule has 0 bridgehead atoms. The zero-order chi connectivity index (χ0) is 26.0. The van der Waals surface area contributed by atoms with Gasteiger partial charge in [-0.3, -0.25) is 10.1 Å². The van der Waals surface area contributed by atoms with Gasteiger partial charge in [0, 0.05) is 62.7 Å². The van der Waals surface area contributed by atoms with Gasteiger partial charge in [0.15, 0.2) is 0 Å². The van der Waals surface area contributed by atoms with Crippen LogP contribution < -0.4 is 15.0 Å². The minimum absolute atomic E-state index is 0.0276. The first-order valence-electron chi connectivity index (χ1n) is 11.6. The molecule has 188 valence electrons. The molecule has 0 aliphatic carbocycles. The monoisotopic (exact) mass is 489 g/mol. The molecular formula is C26H31N7O3. The minimum atomic E-state index is -0.387. The topological polar surface area (TPSA) is 102 Å². The fourth-order valence-corrected chi connectivity index (χ4v) is 4.31. The number of aryl methyl sites for hydroxylation is 2. The molecule has 0 spiro atoms. The molecule has 2 aromatic carbocycles. The second-order valence-electron chi connectivity index (χ2n) is 9.04. The third kappa shape index (κ3) is 4.94. The number of ether oxygens (including phenoxy) is 1. The van der Waals surface area contributed by atoms with Gasteiger partial charge in [0.1, 0.15) is 11.4 Å². The highest BCUT2D eigenvalue weighted by molar-refractivity contribution is 5.97. The molecule has 4 aromatic rings. The van der Waals surface area contributed by atoms with E-state index in [-0.39, 0.29) is 10.6 Å². The van der Waals surface area contributed by atoms with Crippen molar-refractivity contribution < 1.29 is 9.66 Å². The Bertz CT molecular complexity index is 1410. The van der Waals surface area contributed by atoms with Gasteiger partial charge >= 0.3 is 0 Å². The average molecular weight is 490 g/mol. The lowest BCUT2D eigenvalue weighted by Crippen LogP contribution is -2.28. The minimum Gasteiger partial charge on any atom is -0.494 e. The number of anilines is 3. The fraction of sp³-hybridized carbons (Fsp3) is 0.308. The molecule has 10 heteroatoms. The van der Waals surface area contributed by atoms with Crippen molar-refractivity contribution in [2.45, 2.75) is 6.92 Å².